The van der Waals surface area contributed by atoms with Crippen LogP contribution in [0.5, 0.6) is 0 Å². The second-order valence-corrected chi connectivity index (χ2v) is 6.31. The van der Waals surface area contributed by atoms with Crippen molar-refractivity contribution in [3.63, 3.8) is 0 Å². The fourth-order valence-corrected chi connectivity index (χ4v) is 2.77. The van der Waals surface area contributed by atoms with Crippen LogP contribution in [0.2, 0.25) is 0 Å². The number of anilines is 1. The molecule has 2 heterocycles. The van der Waals surface area contributed by atoms with Crippen molar-refractivity contribution in [2.24, 2.45) is 0 Å². The topological polar surface area (TPSA) is 108 Å². The molecule has 0 radical (unpaired) electrons. The molecule has 0 spiro atoms. The van der Waals surface area contributed by atoms with E-state index in [1.54, 1.807) is 35.9 Å². The predicted molar refractivity (Wildman–Crippen MR) is 99.3 cm³/mol. The molecule has 0 aliphatic heterocycles. The monoisotopic (exact) mass is 386 g/mol. The highest BCUT2D eigenvalue weighted by atomic mass is 19.1. The number of benzene rings is 1. The van der Waals surface area contributed by atoms with Gasteiger partial charge in [-0.15, -0.1) is 0 Å². The fraction of sp³-hybridized carbons (Fsp3) is 0.278. The molecule has 1 aromatic carbocycles. The maximum atomic E-state index is 13.8. The van der Waals surface area contributed by atoms with Crippen LogP contribution in [0.1, 0.15) is 23.4 Å². The minimum absolute atomic E-state index is 0.0806. The van der Waals surface area contributed by atoms with E-state index in [1.165, 1.54) is 16.9 Å². The molecule has 9 nitrogen and oxygen atoms in total. The molecule has 3 rings (SSSR count). The van der Waals surface area contributed by atoms with Crippen LogP contribution in [-0.2, 0) is 17.9 Å². The number of nitro groups is 1. The van der Waals surface area contributed by atoms with E-state index >= 15 is 0 Å². The summed E-state index contributed by atoms with van der Waals surface area (Å²) in [4.78, 5) is 22.5. The molecule has 0 saturated carbocycles. The molecule has 146 valence electrons. The number of nitrogens with zero attached hydrogens (tertiary/aromatic N) is 5. The Morgan fingerprint density at radius 3 is 2.71 bits per heavy atom. The molecule has 2 aromatic heterocycles. The van der Waals surface area contributed by atoms with Crippen molar-refractivity contribution >= 4 is 17.4 Å². The van der Waals surface area contributed by atoms with E-state index in [1.807, 2.05) is 6.92 Å². The Kier molecular flexibility index (Phi) is 5.48. The molecule has 28 heavy (non-hydrogen) atoms. The summed E-state index contributed by atoms with van der Waals surface area (Å²) in [6.45, 7) is 3.86. The van der Waals surface area contributed by atoms with Gasteiger partial charge >= 0.3 is 5.69 Å². The average Bonchev–Trinajstić information content (AvgIpc) is 3.17. The summed E-state index contributed by atoms with van der Waals surface area (Å²) in [6, 6.07) is 8.14. The zero-order valence-electron chi connectivity index (χ0n) is 15.4. The highest BCUT2D eigenvalue weighted by Gasteiger charge is 2.17. The zero-order valence-corrected chi connectivity index (χ0v) is 15.4. The van der Waals surface area contributed by atoms with Crippen LogP contribution in [0.25, 0.3) is 0 Å². The minimum Gasteiger partial charge on any atom is -0.309 e. The smallest absolute Gasteiger partial charge is 0.309 e. The first-order chi connectivity index (χ1) is 13.3. The average molecular weight is 386 g/mol. The first kappa shape index (κ1) is 19.2. The van der Waals surface area contributed by atoms with Crippen LogP contribution in [-0.4, -0.2) is 30.4 Å². The fourth-order valence-electron chi connectivity index (χ4n) is 2.77. The maximum absolute atomic E-state index is 13.8. The van der Waals surface area contributed by atoms with E-state index in [9.17, 15) is 19.3 Å². The van der Waals surface area contributed by atoms with Crippen molar-refractivity contribution in [3.8, 4) is 0 Å². The van der Waals surface area contributed by atoms with Crippen LogP contribution in [0.4, 0.5) is 15.9 Å². The summed E-state index contributed by atoms with van der Waals surface area (Å²) in [5, 5.41) is 21.7. The first-order valence-electron chi connectivity index (χ1n) is 8.59. The number of aryl methyl sites for hydroxylation is 2. The third-order valence-electron chi connectivity index (χ3n) is 4.35. The lowest BCUT2D eigenvalue weighted by Crippen LogP contribution is -2.16. The molecule has 0 saturated heterocycles. The van der Waals surface area contributed by atoms with Gasteiger partial charge in [0.15, 0.2) is 5.82 Å². The van der Waals surface area contributed by atoms with E-state index in [-0.39, 0.29) is 36.9 Å². The number of carbonyl (C=O) groups is 1. The lowest BCUT2D eigenvalue weighted by molar-refractivity contribution is -0.385. The Morgan fingerprint density at radius 1 is 1.29 bits per heavy atom. The SMILES string of the molecule is Cc1cc(NC(=O)CCn2ncc([N+](=O)[O-])c2C)nn1Cc1ccccc1F. The molecule has 0 fully saturated rings. The second-order valence-electron chi connectivity index (χ2n) is 6.31. The van der Waals surface area contributed by atoms with Crippen LogP contribution < -0.4 is 5.32 Å². The van der Waals surface area contributed by atoms with Gasteiger partial charge in [-0.25, -0.2) is 4.39 Å². The number of rotatable bonds is 7. The number of carbonyl (C=O) groups excluding carboxylic acids is 1. The molecule has 10 heteroatoms. The third kappa shape index (κ3) is 4.22. The van der Waals surface area contributed by atoms with Gasteiger partial charge < -0.3 is 5.32 Å². The molecule has 0 aliphatic rings. The standard InChI is InChI=1S/C18H19FN6O3/c1-12-9-17(22-24(12)11-14-5-3-4-6-15(14)19)21-18(26)7-8-23-13(2)16(10-20-23)25(27)28/h3-6,9-10H,7-8,11H2,1-2H3,(H,21,22,26). The number of aromatic nitrogens is 4. The van der Waals surface area contributed by atoms with Crippen molar-refractivity contribution < 1.29 is 14.1 Å². The molecule has 1 N–H and O–H groups in total. The van der Waals surface area contributed by atoms with Gasteiger partial charge in [0.05, 0.1) is 18.0 Å². The van der Waals surface area contributed by atoms with Gasteiger partial charge in [0.25, 0.3) is 0 Å². The van der Waals surface area contributed by atoms with Gasteiger partial charge in [0.2, 0.25) is 5.91 Å². The van der Waals surface area contributed by atoms with Crippen molar-refractivity contribution in [2.75, 3.05) is 5.32 Å². The number of nitrogens with one attached hydrogen (secondary N) is 1. The highest BCUT2D eigenvalue weighted by Crippen LogP contribution is 2.17. The van der Waals surface area contributed by atoms with E-state index in [0.29, 0.717) is 17.1 Å². The number of hydrogen-bond donors (Lipinski definition) is 1. The molecule has 0 unspecified atom stereocenters. The lowest BCUT2D eigenvalue weighted by Gasteiger charge is -2.06. The van der Waals surface area contributed by atoms with E-state index in [0.717, 1.165) is 5.69 Å². The van der Waals surface area contributed by atoms with Gasteiger partial charge in [0, 0.05) is 23.7 Å². The molecular weight excluding hydrogens is 367 g/mol. The number of amides is 1. The molecular formula is C18H19FN6O3. The van der Waals surface area contributed by atoms with Crippen molar-refractivity contribution in [1.82, 2.24) is 19.6 Å². The highest BCUT2D eigenvalue weighted by molar-refractivity contribution is 5.89. The van der Waals surface area contributed by atoms with E-state index in [4.69, 9.17) is 0 Å². The largest absolute Gasteiger partial charge is 0.309 e. The Balaban J connectivity index is 1.60. The summed E-state index contributed by atoms with van der Waals surface area (Å²) >= 11 is 0. The molecule has 0 aliphatic carbocycles. The van der Waals surface area contributed by atoms with E-state index < -0.39 is 4.92 Å². The third-order valence-corrected chi connectivity index (χ3v) is 4.35. The first-order valence-corrected chi connectivity index (χ1v) is 8.59. The maximum Gasteiger partial charge on any atom is 0.309 e. The minimum atomic E-state index is -0.510. The van der Waals surface area contributed by atoms with Crippen molar-refractivity contribution in [3.05, 3.63) is 69.4 Å². The Hall–Kier alpha value is -3.56. The van der Waals surface area contributed by atoms with Gasteiger partial charge in [-0.3, -0.25) is 24.3 Å². The van der Waals surface area contributed by atoms with Crippen LogP contribution in [0.3, 0.4) is 0 Å². The van der Waals surface area contributed by atoms with E-state index in [2.05, 4.69) is 15.5 Å². The normalized spacial score (nSPS) is 10.8. The Morgan fingerprint density at radius 2 is 2.04 bits per heavy atom. The Labute approximate surface area is 159 Å². The Bertz CT molecular complexity index is 1030. The zero-order chi connectivity index (χ0) is 20.3. The second kappa shape index (κ2) is 7.99. The molecule has 0 bridgehead atoms. The van der Waals surface area contributed by atoms with Gasteiger partial charge in [-0.1, -0.05) is 18.2 Å². The van der Waals surface area contributed by atoms with Gasteiger partial charge in [-0.05, 0) is 19.9 Å². The summed E-state index contributed by atoms with van der Waals surface area (Å²) in [5.41, 5.74) is 1.59. The molecule has 1 amide bonds. The van der Waals surface area contributed by atoms with Crippen LogP contribution in [0, 0.1) is 29.8 Å². The summed E-state index contributed by atoms with van der Waals surface area (Å²) in [6.07, 6.45) is 1.25. The molecule has 3 aromatic rings. The lowest BCUT2D eigenvalue weighted by atomic mass is 10.2. The van der Waals surface area contributed by atoms with Crippen molar-refractivity contribution in [1.29, 1.82) is 0 Å². The van der Waals surface area contributed by atoms with Crippen LogP contribution in [0.15, 0.2) is 36.5 Å². The van der Waals surface area contributed by atoms with Crippen LogP contribution >= 0.6 is 0 Å². The quantitative estimate of drug-likeness (QED) is 0.496. The van der Waals surface area contributed by atoms with Gasteiger partial charge in [0.1, 0.15) is 17.7 Å². The number of hydrogen-bond acceptors (Lipinski definition) is 5. The summed E-state index contributed by atoms with van der Waals surface area (Å²) in [7, 11) is 0. The van der Waals surface area contributed by atoms with Gasteiger partial charge in [-0.2, -0.15) is 10.2 Å². The van der Waals surface area contributed by atoms with Crippen molar-refractivity contribution in [2.45, 2.75) is 33.4 Å². The predicted octanol–water partition coefficient (Wildman–Crippen LogP) is 2.82. The number of halogens is 1. The summed E-state index contributed by atoms with van der Waals surface area (Å²) in [5.74, 6) is -0.248. The summed E-state index contributed by atoms with van der Waals surface area (Å²) < 4.78 is 16.8. The molecule has 0 atom stereocenters.